The Hall–Kier alpha value is -4.76. The summed E-state index contributed by atoms with van der Waals surface area (Å²) >= 11 is 0. The molecule has 12 heteroatoms. The Labute approximate surface area is 257 Å². The molecule has 0 aliphatic carbocycles. The fraction of sp³-hybridized carbons (Fsp3) is 0.344. The summed E-state index contributed by atoms with van der Waals surface area (Å²) in [7, 11) is -1.75. The SMILES string of the molecule is CC(C)(C)OC(=O)N[C@@H]1C(=O)N2C(C(=O)OC(c3ccccc3)c3ccccc3)=C(/C=C3\CCN(CC#N)C3=O)C[S@@](=O)[C@H]12. The van der Waals surface area contributed by atoms with Crippen LogP contribution < -0.4 is 5.32 Å². The number of fused-ring (bicyclic) bond motifs is 1. The first-order chi connectivity index (χ1) is 21.0. The maximum absolute atomic E-state index is 14.1. The van der Waals surface area contributed by atoms with E-state index >= 15 is 0 Å². The number of alkyl carbamates (subject to hydrolysis) is 1. The molecule has 0 bridgehead atoms. The molecular formula is C32H32N4O7S. The lowest BCUT2D eigenvalue weighted by Crippen LogP contribution is -2.73. The van der Waals surface area contributed by atoms with Crippen LogP contribution >= 0.6 is 0 Å². The zero-order valence-corrected chi connectivity index (χ0v) is 25.3. The van der Waals surface area contributed by atoms with Crippen LogP contribution in [0.5, 0.6) is 0 Å². The minimum atomic E-state index is -1.75. The molecule has 0 saturated carbocycles. The number of ether oxygens (including phenoxy) is 2. The highest BCUT2D eigenvalue weighted by Gasteiger charge is 2.57. The largest absolute Gasteiger partial charge is 0.448 e. The van der Waals surface area contributed by atoms with Crippen LogP contribution in [0.2, 0.25) is 0 Å². The molecule has 5 rings (SSSR count). The number of benzene rings is 2. The summed E-state index contributed by atoms with van der Waals surface area (Å²) in [4.78, 5) is 55.5. The Morgan fingerprint density at radius 1 is 1.09 bits per heavy atom. The van der Waals surface area contributed by atoms with Gasteiger partial charge in [-0.15, -0.1) is 0 Å². The van der Waals surface area contributed by atoms with E-state index in [1.807, 2.05) is 66.7 Å². The molecule has 2 saturated heterocycles. The first kappa shape index (κ1) is 30.7. The van der Waals surface area contributed by atoms with Crippen molar-refractivity contribution in [2.45, 2.75) is 50.3 Å². The van der Waals surface area contributed by atoms with Crippen LogP contribution in [0.4, 0.5) is 4.79 Å². The van der Waals surface area contributed by atoms with Gasteiger partial charge in [-0.3, -0.25) is 18.7 Å². The first-order valence-corrected chi connectivity index (χ1v) is 15.5. The zero-order valence-electron chi connectivity index (χ0n) is 24.5. The van der Waals surface area contributed by atoms with Crippen LogP contribution in [0.3, 0.4) is 0 Å². The molecule has 228 valence electrons. The van der Waals surface area contributed by atoms with Gasteiger partial charge in [0, 0.05) is 12.1 Å². The Kier molecular flexibility index (Phi) is 8.69. The molecule has 44 heavy (non-hydrogen) atoms. The van der Waals surface area contributed by atoms with Crippen LogP contribution in [0.1, 0.15) is 44.4 Å². The molecule has 11 nitrogen and oxygen atoms in total. The van der Waals surface area contributed by atoms with Gasteiger partial charge < -0.3 is 19.7 Å². The third-order valence-electron chi connectivity index (χ3n) is 7.27. The number of β-lactam (4-membered cyclic amide) rings is 1. The smallest absolute Gasteiger partial charge is 0.408 e. The number of likely N-dealkylation sites (tertiary alicyclic amines) is 1. The molecule has 0 aromatic heterocycles. The van der Waals surface area contributed by atoms with Gasteiger partial charge in [-0.1, -0.05) is 60.7 Å². The molecule has 1 N–H and O–H groups in total. The quantitative estimate of drug-likeness (QED) is 0.216. The maximum Gasteiger partial charge on any atom is 0.408 e. The number of amides is 3. The van der Waals surface area contributed by atoms with Crippen LogP contribution in [0, 0.1) is 11.3 Å². The molecular weight excluding hydrogens is 584 g/mol. The molecule has 2 aromatic carbocycles. The standard InChI is InChI=1S/C32H32N4O7S/c1-32(2,3)43-31(40)34-24-28(38)36-25(23(19-44(41)29(24)36)18-22-14-16-35(17-15-33)27(22)37)30(39)42-26(20-10-6-4-7-11-20)21-12-8-5-9-13-21/h4-13,18,24,26,29H,14,16-17,19H2,1-3H3,(H,34,40)/b22-18+/t24-,29-,44-/m1/s1. The zero-order chi connectivity index (χ0) is 31.6. The van der Waals surface area contributed by atoms with Crippen molar-refractivity contribution in [1.82, 2.24) is 15.1 Å². The second-order valence-corrected chi connectivity index (χ2v) is 13.1. The van der Waals surface area contributed by atoms with E-state index in [4.69, 9.17) is 14.7 Å². The lowest BCUT2D eigenvalue weighted by molar-refractivity contribution is -0.153. The Morgan fingerprint density at radius 2 is 1.70 bits per heavy atom. The molecule has 0 radical (unpaired) electrons. The lowest BCUT2D eigenvalue weighted by atomic mass is 10.00. The van der Waals surface area contributed by atoms with Crippen molar-refractivity contribution >= 4 is 34.7 Å². The van der Waals surface area contributed by atoms with E-state index < -0.39 is 51.9 Å². The predicted octanol–water partition coefficient (Wildman–Crippen LogP) is 3.08. The number of nitrogens with one attached hydrogen (secondary N) is 1. The van der Waals surface area contributed by atoms with Crippen LogP contribution in [0.25, 0.3) is 0 Å². The summed E-state index contributed by atoms with van der Waals surface area (Å²) in [5.74, 6) is -2.04. The molecule has 0 spiro atoms. The van der Waals surface area contributed by atoms with Gasteiger partial charge in [0.1, 0.15) is 29.3 Å². The fourth-order valence-corrected chi connectivity index (χ4v) is 6.96. The van der Waals surface area contributed by atoms with E-state index in [0.717, 1.165) is 4.90 Å². The van der Waals surface area contributed by atoms with Crippen molar-refractivity contribution in [3.05, 3.63) is 94.7 Å². The average Bonchev–Trinajstić information content (AvgIpc) is 3.32. The van der Waals surface area contributed by atoms with Crippen molar-refractivity contribution in [1.29, 1.82) is 5.26 Å². The van der Waals surface area contributed by atoms with Gasteiger partial charge in [-0.05, 0) is 50.0 Å². The van der Waals surface area contributed by atoms with Crippen LogP contribution in [-0.2, 0) is 34.7 Å². The van der Waals surface area contributed by atoms with E-state index in [2.05, 4.69) is 5.32 Å². The second-order valence-electron chi connectivity index (χ2n) is 11.5. The van der Waals surface area contributed by atoms with E-state index in [9.17, 15) is 23.4 Å². The van der Waals surface area contributed by atoms with Gasteiger partial charge in [0.05, 0.1) is 22.6 Å². The van der Waals surface area contributed by atoms with Crippen molar-refractivity contribution in [3.63, 3.8) is 0 Å². The summed E-state index contributed by atoms with van der Waals surface area (Å²) in [6.07, 6.45) is 0.113. The van der Waals surface area contributed by atoms with Crippen LogP contribution in [0.15, 0.2) is 83.6 Å². The number of nitrogens with zero attached hydrogens (tertiary/aromatic N) is 3. The molecule has 3 atom stereocenters. The Balaban J connectivity index is 1.53. The van der Waals surface area contributed by atoms with Gasteiger partial charge >= 0.3 is 12.1 Å². The topological polar surface area (TPSA) is 146 Å². The molecule has 2 aromatic rings. The molecule has 3 aliphatic heterocycles. The van der Waals surface area contributed by atoms with E-state index in [-0.39, 0.29) is 29.5 Å². The molecule has 0 unspecified atom stereocenters. The molecule has 3 heterocycles. The number of allylic oxidation sites excluding steroid dienone is 1. The number of carbonyl (C=O) groups excluding carboxylic acids is 4. The van der Waals surface area contributed by atoms with Crippen molar-refractivity contribution in [2.24, 2.45) is 0 Å². The van der Waals surface area contributed by atoms with Gasteiger partial charge in [-0.25, -0.2) is 9.59 Å². The van der Waals surface area contributed by atoms with Gasteiger partial charge in [-0.2, -0.15) is 5.26 Å². The lowest BCUT2D eigenvalue weighted by Gasteiger charge is -2.49. The molecule has 3 amide bonds. The highest BCUT2D eigenvalue weighted by Crippen LogP contribution is 2.38. The highest BCUT2D eigenvalue weighted by molar-refractivity contribution is 7.86. The van der Waals surface area contributed by atoms with Gasteiger partial charge in [0.2, 0.25) is 0 Å². The minimum absolute atomic E-state index is 0.0867. The maximum atomic E-state index is 14.1. The Bertz CT molecular complexity index is 1570. The van der Waals surface area contributed by atoms with Crippen molar-refractivity contribution < 1.29 is 32.9 Å². The minimum Gasteiger partial charge on any atom is -0.448 e. The third kappa shape index (κ3) is 6.28. The summed E-state index contributed by atoms with van der Waals surface area (Å²) in [6, 6.07) is 19.0. The summed E-state index contributed by atoms with van der Waals surface area (Å²) in [5.41, 5.74) is 0.957. The van der Waals surface area contributed by atoms with Crippen LogP contribution in [-0.4, -0.2) is 73.7 Å². The Morgan fingerprint density at radius 3 is 2.27 bits per heavy atom. The summed E-state index contributed by atoms with van der Waals surface area (Å²) in [5, 5.41) is 10.5. The van der Waals surface area contributed by atoms with E-state index in [1.54, 1.807) is 20.8 Å². The number of nitriles is 1. The summed E-state index contributed by atoms with van der Waals surface area (Å²) < 4.78 is 24.9. The van der Waals surface area contributed by atoms with Crippen molar-refractivity contribution in [3.8, 4) is 6.07 Å². The van der Waals surface area contributed by atoms with E-state index in [0.29, 0.717) is 29.7 Å². The fourth-order valence-electron chi connectivity index (χ4n) is 5.33. The average molecular weight is 617 g/mol. The number of hydrogen-bond acceptors (Lipinski definition) is 8. The predicted molar refractivity (Wildman–Crippen MR) is 160 cm³/mol. The number of rotatable bonds is 7. The number of carbonyl (C=O) groups is 4. The number of hydrogen-bond donors (Lipinski definition) is 1. The molecule has 2 fully saturated rings. The van der Waals surface area contributed by atoms with E-state index in [1.165, 1.54) is 11.0 Å². The number of esters is 1. The molecule has 3 aliphatic rings. The first-order valence-electron chi connectivity index (χ1n) is 14.1. The monoisotopic (exact) mass is 616 g/mol. The second kappa shape index (κ2) is 12.5. The van der Waals surface area contributed by atoms with Gasteiger partial charge in [0.15, 0.2) is 6.10 Å². The summed E-state index contributed by atoms with van der Waals surface area (Å²) in [6.45, 7) is 5.26. The van der Waals surface area contributed by atoms with Crippen molar-refractivity contribution in [2.75, 3.05) is 18.8 Å². The third-order valence-corrected chi connectivity index (χ3v) is 8.89. The van der Waals surface area contributed by atoms with Gasteiger partial charge in [0.25, 0.3) is 11.8 Å². The normalized spacial score (nSPS) is 22.4. The highest BCUT2D eigenvalue weighted by atomic mass is 32.2.